The number of halogens is 1. The number of carbonyl (C=O) groups excluding carboxylic acids is 1. The van der Waals surface area contributed by atoms with E-state index in [9.17, 15) is 14.7 Å². The summed E-state index contributed by atoms with van der Waals surface area (Å²) in [6.07, 6.45) is -0.937. The zero-order chi connectivity index (χ0) is 17.6. The van der Waals surface area contributed by atoms with Gasteiger partial charge in [-0.3, -0.25) is 4.79 Å². The van der Waals surface area contributed by atoms with Crippen molar-refractivity contribution in [1.29, 1.82) is 0 Å². The number of carbonyl (C=O) groups is 2. The van der Waals surface area contributed by atoms with Crippen LogP contribution in [0, 0.1) is 5.92 Å². The van der Waals surface area contributed by atoms with Crippen LogP contribution in [0.25, 0.3) is 0 Å². The van der Waals surface area contributed by atoms with Crippen molar-refractivity contribution in [1.82, 2.24) is 5.32 Å². The minimum absolute atomic E-state index is 0.0938. The Labute approximate surface area is 140 Å². The van der Waals surface area contributed by atoms with E-state index in [1.807, 2.05) is 13.8 Å². The molecule has 1 amide bonds. The number of hydrogen-bond acceptors (Lipinski definition) is 4. The first-order valence-corrected chi connectivity index (χ1v) is 7.79. The lowest BCUT2D eigenvalue weighted by Gasteiger charge is -2.22. The van der Waals surface area contributed by atoms with Gasteiger partial charge in [0, 0.05) is 11.1 Å². The molecule has 1 aromatic rings. The summed E-state index contributed by atoms with van der Waals surface area (Å²) >= 11 is 5.79. The molecule has 0 aromatic heterocycles. The smallest absolute Gasteiger partial charge is 0.326 e. The number of amides is 1. The fourth-order valence-corrected chi connectivity index (χ4v) is 2.27. The Kier molecular flexibility index (Phi) is 7.48. The third kappa shape index (κ3) is 6.56. The molecular weight excluding hydrogens is 320 g/mol. The van der Waals surface area contributed by atoms with E-state index >= 15 is 0 Å². The Morgan fingerprint density at radius 3 is 2.30 bits per heavy atom. The van der Waals surface area contributed by atoms with Gasteiger partial charge in [-0.15, -0.1) is 0 Å². The predicted molar refractivity (Wildman–Crippen MR) is 88.2 cm³/mol. The number of nitrogens with two attached hydrogens (primary N) is 1. The molecule has 0 aliphatic carbocycles. The third-order valence-electron chi connectivity index (χ3n) is 3.38. The summed E-state index contributed by atoms with van der Waals surface area (Å²) in [6.45, 7) is 3.70. The van der Waals surface area contributed by atoms with Crippen molar-refractivity contribution < 1.29 is 19.8 Å². The molecule has 0 spiro atoms. The average molecular weight is 343 g/mol. The van der Waals surface area contributed by atoms with Crippen LogP contribution in [0.5, 0.6) is 0 Å². The summed E-state index contributed by atoms with van der Waals surface area (Å²) in [5.74, 6) is -1.82. The molecular formula is C16H23ClN2O4. The maximum Gasteiger partial charge on any atom is 0.326 e. The van der Waals surface area contributed by atoms with Gasteiger partial charge in [0.15, 0.2) is 0 Å². The van der Waals surface area contributed by atoms with Crippen LogP contribution in [0.1, 0.15) is 25.8 Å². The summed E-state index contributed by atoms with van der Waals surface area (Å²) in [4.78, 5) is 23.1. The Bertz CT molecular complexity index is 533. The van der Waals surface area contributed by atoms with Gasteiger partial charge in [0.1, 0.15) is 12.1 Å². The van der Waals surface area contributed by atoms with Crippen LogP contribution in [0.2, 0.25) is 5.02 Å². The number of aliphatic carboxylic acids is 1. The molecule has 5 N–H and O–H groups in total. The van der Waals surface area contributed by atoms with Crippen molar-refractivity contribution in [2.75, 3.05) is 0 Å². The van der Waals surface area contributed by atoms with Gasteiger partial charge >= 0.3 is 5.97 Å². The highest BCUT2D eigenvalue weighted by Gasteiger charge is 2.28. The molecule has 3 atom stereocenters. The maximum absolute atomic E-state index is 12.0. The van der Waals surface area contributed by atoms with E-state index in [0.29, 0.717) is 5.02 Å². The van der Waals surface area contributed by atoms with E-state index in [4.69, 9.17) is 22.4 Å². The van der Waals surface area contributed by atoms with Crippen molar-refractivity contribution in [2.45, 2.75) is 44.9 Å². The highest BCUT2D eigenvalue weighted by atomic mass is 35.5. The van der Waals surface area contributed by atoms with E-state index in [1.165, 1.54) is 0 Å². The van der Waals surface area contributed by atoms with Gasteiger partial charge in [0.25, 0.3) is 5.91 Å². The molecule has 1 aromatic carbocycles. The summed E-state index contributed by atoms with van der Waals surface area (Å²) in [7, 11) is 0. The lowest BCUT2D eigenvalue weighted by molar-refractivity contribution is -0.144. The zero-order valence-electron chi connectivity index (χ0n) is 13.2. The standard InChI is InChI=1S/C16H23ClN2O4/c1-9(2)7-13(16(22)23)19-15(21)14(20)12(18)8-10-3-5-11(17)6-4-10/h3-6,9,12-14,20H,7-8,18H2,1-2H3,(H,19,21)(H,22,23)/t12-,13-,14+/m0/s1. The second-order valence-electron chi connectivity index (χ2n) is 5.97. The highest BCUT2D eigenvalue weighted by molar-refractivity contribution is 6.30. The average Bonchev–Trinajstić information content (AvgIpc) is 2.47. The molecule has 6 nitrogen and oxygen atoms in total. The Balaban J connectivity index is 2.63. The van der Waals surface area contributed by atoms with Gasteiger partial charge in [-0.05, 0) is 36.5 Å². The van der Waals surface area contributed by atoms with Gasteiger partial charge in [-0.1, -0.05) is 37.6 Å². The fourth-order valence-electron chi connectivity index (χ4n) is 2.15. The van der Waals surface area contributed by atoms with Crippen molar-refractivity contribution in [3.05, 3.63) is 34.9 Å². The van der Waals surface area contributed by atoms with Crippen LogP contribution >= 0.6 is 11.6 Å². The number of aliphatic hydroxyl groups excluding tert-OH is 1. The summed E-state index contributed by atoms with van der Waals surface area (Å²) in [5.41, 5.74) is 6.67. The largest absolute Gasteiger partial charge is 0.480 e. The number of hydrogen-bond donors (Lipinski definition) is 4. The first-order valence-electron chi connectivity index (χ1n) is 7.42. The number of carboxylic acid groups (broad SMARTS) is 1. The maximum atomic E-state index is 12.0. The number of aliphatic hydroxyl groups is 1. The topological polar surface area (TPSA) is 113 Å². The SMILES string of the molecule is CC(C)C[C@H](NC(=O)[C@H](O)[C@@H](N)Cc1ccc(Cl)cc1)C(=O)O. The molecule has 23 heavy (non-hydrogen) atoms. The molecule has 0 aliphatic rings. The summed E-state index contributed by atoms with van der Waals surface area (Å²) in [5, 5.41) is 22.0. The van der Waals surface area contributed by atoms with Crippen LogP contribution in [0.3, 0.4) is 0 Å². The van der Waals surface area contributed by atoms with Crippen LogP contribution in [0.15, 0.2) is 24.3 Å². The Morgan fingerprint density at radius 2 is 1.83 bits per heavy atom. The van der Waals surface area contributed by atoms with Crippen molar-refractivity contribution >= 4 is 23.5 Å². The fraction of sp³-hybridized carbons (Fsp3) is 0.500. The van der Waals surface area contributed by atoms with Gasteiger partial charge in [-0.25, -0.2) is 4.79 Å². The van der Waals surface area contributed by atoms with Crippen molar-refractivity contribution in [2.24, 2.45) is 11.7 Å². The highest BCUT2D eigenvalue weighted by Crippen LogP contribution is 2.12. The normalized spacial score (nSPS) is 15.0. The van der Waals surface area contributed by atoms with Gasteiger partial charge in [0.05, 0.1) is 0 Å². The van der Waals surface area contributed by atoms with E-state index in [0.717, 1.165) is 5.56 Å². The predicted octanol–water partition coefficient (Wildman–Crippen LogP) is 1.19. The summed E-state index contributed by atoms with van der Waals surface area (Å²) < 4.78 is 0. The van der Waals surface area contributed by atoms with Gasteiger partial charge in [0.2, 0.25) is 0 Å². The van der Waals surface area contributed by atoms with E-state index in [2.05, 4.69) is 5.32 Å². The molecule has 0 radical (unpaired) electrons. The van der Waals surface area contributed by atoms with Crippen molar-refractivity contribution in [3.63, 3.8) is 0 Å². The van der Waals surface area contributed by atoms with Crippen molar-refractivity contribution in [3.8, 4) is 0 Å². The number of rotatable bonds is 8. The molecule has 7 heteroatoms. The van der Waals surface area contributed by atoms with E-state index in [-0.39, 0.29) is 18.8 Å². The lowest BCUT2D eigenvalue weighted by Crippen LogP contribution is -2.52. The quantitative estimate of drug-likeness (QED) is 0.566. The molecule has 0 unspecified atom stereocenters. The van der Waals surface area contributed by atoms with Crippen LogP contribution in [-0.4, -0.2) is 40.3 Å². The van der Waals surface area contributed by atoms with Gasteiger partial charge in [-0.2, -0.15) is 0 Å². The van der Waals surface area contributed by atoms with E-state index in [1.54, 1.807) is 24.3 Å². The molecule has 128 valence electrons. The minimum atomic E-state index is -1.49. The molecule has 0 aliphatic heterocycles. The summed E-state index contributed by atoms with van der Waals surface area (Å²) in [6, 6.07) is 5.01. The molecule has 0 saturated carbocycles. The lowest BCUT2D eigenvalue weighted by atomic mass is 10.00. The van der Waals surface area contributed by atoms with Gasteiger partial charge < -0.3 is 21.3 Å². The Morgan fingerprint density at radius 1 is 1.26 bits per heavy atom. The monoisotopic (exact) mass is 342 g/mol. The number of carboxylic acids is 1. The first kappa shape index (κ1) is 19.4. The number of nitrogens with one attached hydrogen (secondary N) is 1. The molecule has 0 fully saturated rings. The van der Waals surface area contributed by atoms with Crippen LogP contribution in [0.4, 0.5) is 0 Å². The van der Waals surface area contributed by atoms with E-state index < -0.39 is 30.1 Å². The third-order valence-corrected chi connectivity index (χ3v) is 3.63. The van der Waals surface area contributed by atoms with Crippen LogP contribution < -0.4 is 11.1 Å². The zero-order valence-corrected chi connectivity index (χ0v) is 14.0. The van der Waals surface area contributed by atoms with Crippen LogP contribution in [-0.2, 0) is 16.0 Å². The molecule has 0 heterocycles. The second-order valence-corrected chi connectivity index (χ2v) is 6.40. The molecule has 1 rings (SSSR count). The minimum Gasteiger partial charge on any atom is -0.480 e. The first-order chi connectivity index (χ1) is 10.7. The number of benzene rings is 1. The molecule has 0 saturated heterocycles. The second kappa shape index (κ2) is 8.86. The Hall–Kier alpha value is -1.63. The molecule has 0 bridgehead atoms.